The van der Waals surface area contributed by atoms with Crippen LogP contribution in [0, 0.1) is 17.8 Å². The molecular formula is C17H28N2O7. The Kier molecular flexibility index (Phi) is 8.34. The van der Waals surface area contributed by atoms with Crippen molar-refractivity contribution in [1.29, 1.82) is 0 Å². The van der Waals surface area contributed by atoms with Crippen molar-refractivity contribution in [1.82, 2.24) is 10.2 Å². The third-order valence-corrected chi connectivity index (χ3v) is 4.74. The predicted molar refractivity (Wildman–Crippen MR) is 91.2 cm³/mol. The summed E-state index contributed by atoms with van der Waals surface area (Å²) in [7, 11) is 2.68. The van der Waals surface area contributed by atoms with Gasteiger partial charge in [0.05, 0.1) is 31.6 Å². The number of amides is 2. The quantitative estimate of drug-likeness (QED) is 0.479. The number of carboxylic acid groups (broad SMARTS) is 1. The summed E-state index contributed by atoms with van der Waals surface area (Å²) in [5.41, 5.74) is 0. The molecule has 0 saturated heterocycles. The summed E-state index contributed by atoms with van der Waals surface area (Å²) in [6, 6.07) is -0.794. The summed E-state index contributed by atoms with van der Waals surface area (Å²) >= 11 is 0. The van der Waals surface area contributed by atoms with E-state index in [0.29, 0.717) is 6.42 Å². The first-order valence-electron chi connectivity index (χ1n) is 8.69. The molecule has 1 rings (SSSR count). The van der Waals surface area contributed by atoms with Crippen molar-refractivity contribution < 1.29 is 33.8 Å². The van der Waals surface area contributed by atoms with Gasteiger partial charge in [-0.25, -0.2) is 4.79 Å². The Morgan fingerprint density at radius 2 is 1.88 bits per heavy atom. The Morgan fingerprint density at radius 3 is 2.38 bits per heavy atom. The van der Waals surface area contributed by atoms with Crippen molar-refractivity contribution in [3.8, 4) is 0 Å². The number of nitrogens with zero attached hydrogens (tertiary/aromatic N) is 1. The summed E-state index contributed by atoms with van der Waals surface area (Å²) in [6.07, 6.45) is 0.942. The molecule has 4 atom stereocenters. The highest BCUT2D eigenvalue weighted by Crippen LogP contribution is 2.40. The zero-order chi connectivity index (χ0) is 19.9. The SMILES string of the molecule is CCCCOC(=O)N(C)[C@H]1[C@@H](CNC(C)=O)[C@H](C(=O)OC)C[C@@H]1C(=O)O. The number of unbranched alkanes of at least 4 members (excludes halogenated alkanes) is 1. The van der Waals surface area contributed by atoms with Gasteiger partial charge >= 0.3 is 18.0 Å². The van der Waals surface area contributed by atoms with Gasteiger partial charge in [-0.3, -0.25) is 14.4 Å². The lowest BCUT2D eigenvalue weighted by Gasteiger charge is -2.32. The molecule has 0 aromatic carbocycles. The van der Waals surface area contributed by atoms with Gasteiger partial charge in [-0.2, -0.15) is 0 Å². The first kappa shape index (κ1) is 21.7. The number of nitrogens with one attached hydrogen (secondary N) is 1. The number of ether oxygens (including phenoxy) is 2. The fourth-order valence-electron chi connectivity index (χ4n) is 3.40. The maximum atomic E-state index is 12.3. The van der Waals surface area contributed by atoms with Gasteiger partial charge in [0.15, 0.2) is 0 Å². The van der Waals surface area contributed by atoms with Crippen LogP contribution in [0.1, 0.15) is 33.1 Å². The van der Waals surface area contributed by atoms with Crippen LogP contribution in [0.4, 0.5) is 4.79 Å². The summed E-state index contributed by atoms with van der Waals surface area (Å²) in [6.45, 7) is 3.59. The van der Waals surface area contributed by atoms with Crippen LogP contribution in [0.15, 0.2) is 0 Å². The van der Waals surface area contributed by atoms with Gasteiger partial charge in [0.25, 0.3) is 0 Å². The first-order chi connectivity index (χ1) is 12.2. The second-order valence-electron chi connectivity index (χ2n) is 6.48. The van der Waals surface area contributed by atoms with E-state index in [2.05, 4.69) is 5.32 Å². The van der Waals surface area contributed by atoms with E-state index < -0.39 is 41.8 Å². The molecule has 2 N–H and O–H groups in total. The van der Waals surface area contributed by atoms with Crippen LogP contribution in [0.2, 0.25) is 0 Å². The van der Waals surface area contributed by atoms with E-state index in [1.807, 2.05) is 6.92 Å². The monoisotopic (exact) mass is 372 g/mol. The van der Waals surface area contributed by atoms with E-state index in [1.54, 1.807) is 0 Å². The molecule has 9 nitrogen and oxygen atoms in total. The van der Waals surface area contributed by atoms with Crippen molar-refractivity contribution in [2.45, 2.75) is 39.2 Å². The van der Waals surface area contributed by atoms with Crippen LogP contribution in [-0.2, 0) is 23.9 Å². The molecule has 0 aliphatic heterocycles. The lowest BCUT2D eigenvalue weighted by atomic mass is 9.92. The third-order valence-electron chi connectivity index (χ3n) is 4.74. The average molecular weight is 372 g/mol. The summed E-state index contributed by atoms with van der Waals surface area (Å²) in [5, 5.41) is 12.2. The molecule has 148 valence electrons. The van der Waals surface area contributed by atoms with Crippen LogP contribution in [0.3, 0.4) is 0 Å². The summed E-state index contributed by atoms with van der Waals surface area (Å²) in [4.78, 5) is 48.7. The highest BCUT2D eigenvalue weighted by atomic mass is 16.6. The standard InChI is InChI=1S/C17H28N2O7/c1-5-6-7-26-17(24)19(3)14-12(15(21)22)8-11(16(23)25-4)13(14)9-18-10(2)20/h11-14H,5-9H2,1-4H3,(H,18,20)(H,21,22)/t11-,12+,13+,14-/m1/s1. The van der Waals surface area contributed by atoms with Crippen LogP contribution in [0.5, 0.6) is 0 Å². The van der Waals surface area contributed by atoms with Crippen molar-refractivity contribution in [3.63, 3.8) is 0 Å². The van der Waals surface area contributed by atoms with E-state index in [-0.39, 0.29) is 25.5 Å². The summed E-state index contributed by atoms with van der Waals surface area (Å²) < 4.78 is 9.96. The van der Waals surface area contributed by atoms with E-state index in [0.717, 1.165) is 6.42 Å². The smallest absolute Gasteiger partial charge is 0.409 e. The molecule has 1 saturated carbocycles. The van der Waals surface area contributed by atoms with E-state index >= 15 is 0 Å². The van der Waals surface area contributed by atoms with Gasteiger partial charge in [0.2, 0.25) is 5.91 Å². The third kappa shape index (κ3) is 5.34. The second kappa shape index (κ2) is 9.98. The minimum absolute atomic E-state index is 0.0313. The van der Waals surface area contributed by atoms with Gasteiger partial charge in [-0.15, -0.1) is 0 Å². The molecule has 0 heterocycles. The average Bonchev–Trinajstić information content (AvgIpc) is 2.98. The zero-order valence-electron chi connectivity index (χ0n) is 15.7. The van der Waals surface area contributed by atoms with Crippen molar-refractivity contribution >= 4 is 23.9 Å². The van der Waals surface area contributed by atoms with Gasteiger partial charge in [-0.05, 0) is 12.8 Å². The highest BCUT2D eigenvalue weighted by molar-refractivity contribution is 5.79. The lowest BCUT2D eigenvalue weighted by molar-refractivity contribution is -0.147. The molecule has 2 amide bonds. The Balaban J connectivity index is 3.07. The van der Waals surface area contributed by atoms with Crippen LogP contribution >= 0.6 is 0 Å². The number of aliphatic carboxylic acids is 1. The number of esters is 1. The number of hydrogen-bond donors (Lipinski definition) is 2. The van der Waals surface area contributed by atoms with Crippen LogP contribution < -0.4 is 5.32 Å². The molecule has 1 aliphatic rings. The van der Waals surface area contributed by atoms with Gasteiger partial charge in [-0.1, -0.05) is 13.3 Å². The largest absolute Gasteiger partial charge is 0.481 e. The predicted octanol–water partition coefficient (Wildman–Crippen LogP) is 0.870. The fourth-order valence-corrected chi connectivity index (χ4v) is 3.40. The molecule has 0 radical (unpaired) electrons. The molecule has 1 fully saturated rings. The molecule has 26 heavy (non-hydrogen) atoms. The Labute approximate surface area is 153 Å². The number of carbonyl (C=O) groups is 4. The molecule has 9 heteroatoms. The topological polar surface area (TPSA) is 122 Å². The lowest BCUT2D eigenvalue weighted by Crippen LogP contribution is -2.49. The van der Waals surface area contributed by atoms with Crippen molar-refractivity contribution in [2.75, 3.05) is 27.3 Å². The van der Waals surface area contributed by atoms with Crippen LogP contribution in [0.25, 0.3) is 0 Å². The van der Waals surface area contributed by atoms with Gasteiger partial charge < -0.3 is 24.8 Å². The van der Waals surface area contributed by atoms with E-state index in [4.69, 9.17) is 9.47 Å². The Hall–Kier alpha value is -2.32. The number of carbonyl (C=O) groups excluding carboxylic acids is 3. The van der Waals surface area contributed by atoms with Crippen LogP contribution in [-0.4, -0.2) is 67.3 Å². The van der Waals surface area contributed by atoms with Crippen molar-refractivity contribution in [3.05, 3.63) is 0 Å². The summed E-state index contributed by atoms with van der Waals surface area (Å²) in [5.74, 6) is -4.25. The number of hydrogen-bond acceptors (Lipinski definition) is 6. The number of rotatable bonds is 8. The molecule has 0 aromatic heterocycles. The Morgan fingerprint density at radius 1 is 1.23 bits per heavy atom. The minimum atomic E-state index is -1.11. The molecule has 0 aromatic rings. The molecule has 0 spiro atoms. The fraction of sp³-hybridized carbons (Fsp3) is 0.765. The Bertz CT molecular complexity index is 537. The van der Waals surface area contributed by atoms with E-state index in [1.165, 1.54) is 26.0 Å². The van der Waals surface area contributed by atoms with Gasteiger partial charge in [0, 0.05) is 26.4 Å². The highest BCUT2D eigenvalue weighted by Gasteiger charge is 2.52. The zero-order valence-corrected chi connectivity index (χ0v) is 15.7. The van der Waals surface area contributed by atoms with Gasteiger partial charge in [0.1, 0.15) is 0 Å². The molecule has 1 aliphatic carbocycles. The maximum Gasteiger partial charge on any atom is 0.409 e. The normalized spacial score (nSPS) is 24.6. The van der Waals surface area contributed by atoms with Crippen molar-refractivity contribution in [2.24, 2.45) is 17.8 Å². The molecule has 0 unspecified atom stereocenters. The molecular weight excluding hydrogens is 344 g/mol. The first-order valence-corrected chi connectivity index (χ1v) is 8.69. The second-order valence-corrected chi connectivity index (χ2v) is 6.48. The maximum absolute atomic E-state index is 12.3. The number of carboxylic acids is 1. The minimum Gasteiger partial charge on any atom is -0.481 e. The van der Waals surface area contributed by atoms with E-state index in [9.17, 15) is 24.3 Å². The molecule has 0 bridgehead atoms. The number of methoxy groups -OCH3 is 1.